The van der Waals surface area contributed by atoms with Crippen molar-refractivity contribution in [3.8, 4) is 5.75 Å². The van der Waals surface area contributed by atoms with E-state index in [1.54, 1.807) is 0 Å². The molecule has 0 fully saturated rings. The Bertz CT molecular complexity index is 584. The van der Waals surface area contributed by atoms with Crippen LogP contribution in [0, 0.1) is 0 Å². The largest absolute Gasteiger partial charge is 0.573 e. The van der Waals surface area contributed by atoms with Gasteiger partial charge in [-0.15, -0.1) is 13.2 Å². The summed E-state index contributed by atoms with van der Waals surface area (Å²) in [6.45, 7) is 3.97. The number of nitrogens with zero attached hydrogens (tertiary/aromatic N) is 2. The molecule has 114 valence electrons. The van der Waals surface area contributed by atoms with Crippen molar-refractivity contribution in [2.45, 2.75) is 30.7 Å². The average Bonchev–Trinajstić information content (AvgIpc) is 2.76. The number of rotatable bonds is 5. The zero-order valence-corrected chi connectivity index (χ0v) is 12.0. The van der Waals surface area contributed by atoms with Crippen LogP contribution in [0.1, 0.15) is 13.8 Å². The minimum atomic E-state index is -4.70. The van der Waals surface area contributed by atoms with Crippen molar-refractivity contribution in [2.24, 2.45) is 0 Å². The van der Waals surface area contributed by atoms with Gasteiger partial charge in [-0.25, -0.2) is 0 Å². The lowest BCUT2D eigenvalue weighted by Gasteiger charge is -2.09. The molecule has 1 heterocycles. The van der Waals surface area contributed by atoms with Gasteiger partial charge in [-0.1, -0.05) is 35.8 Å². The van der Waals surface area contributed by atoms with Gasteiger partial charge in [0.2, 0.25) is 0 Å². The molecule has 9 heteroatoms. The molecule has 21 heavy (non-hydrogen) atoms. The first-order valence-corrected chi connectivity index (χ1v) is 6.83. The van der Waals surface area contributed by atoms with Gasteiger partial charge < -0.3 is 14.5 Å². The quantitative estimate of drug-likeness (QED) is 0.833. The zero-order valence-electron chi connectivity index (χ0n) is 11.1. The maximum atomic E-state index is 12.0. The van der Waals surface area contributed by atoms with E-state index in [0.717, 1.165) is 0 Å². The van der Waals surface area contributed by atoms with Crippen LogP contribution in [0.25, 0.3) is 0 Å². The highest BCUT2D eigenvalue weighted by molar-refractivity contribution is 7.99. The van der Waals surface area contributed by atoms with E-state index in [4.69, 9.17) is 4.42 Å². The van der Waals surface area contributed by atoms with Crippen LogP contribution in [0.5, 0.6) is 5.75 Å². The van der Waals surface area contributed by atoms with Crippen LogP contribution in [0.15, 0.2) is 33.9 Å². The van der Waals surface area contributed by atoms with Crippen molar-refractivity contribution in [3.63, 3.8) is 0 Å². The number of nitrogens with one attached hydrogen (secondary N) is 1. The summed E-state index contributed by atoms with van der Waals surface area (Å²) in [6.07, 6.45) is -4.70. The lowest BCUT2D eigenvalue weighted by molar-refractivity contribution is -0.274. The minimum absolute atomic E-state index is 0.169. The Morgan fingerprint density at radius 3 is 2.43 bits per heavy atom. The number of aromatic nitrogens is 2. The molecule has 0 aliphatic rings. The molecule has 0 aliphatic carbocycles. The first-order valence-electron chi connectivity index (χ1n) is 5.95. The van der Waals surface area contributed by atoms with E-state index >= 15 is 0 Å². The lowest BCUT2D eigenvalue weighted by Crippen LogP contribution is -2.16. The van der Waals surface area contributed by atoms with Crippen LogP contribution in [-0.4, -0.2) is 21.8 Å². The maximum Gasteiger partial charge on any atom is 0.573 e. The monoisotopic (exact) mass is 319 g/mol. The molecule has 0 amide bonds. The third-order valence-corrected chi connectivity index (χ3v) is 2.92. The third kappa shape index (κ3) is 5.18. The van der Waals surface area contributed by atoms with Gasteiger partial charge in [0.15, 0.2) is 0 Å². The number of benzene rings is 1. The SMILES string of the molecule is CC(C)Sc1nnc(Nc2ccc(OC(F)(F)F)cc2)o1. The smallest absolute Gasteiger partial charge is 0.406 e. The summed E-state index contributed by atoms with van der Waals surface area (Å²) in [6, 6.07) is 5.38. The van der Waals surface area contributed by atoms with Gasteiger partial charge in [-0.3, -0.25) is 0 Å². The number of ether oxygens (including phenoxy) is 1. The van der Waals surface area contributed by atoms with Crippen molar-refractivity contribution in [2.75, 3.05) is 5.32 Å². The number of alkyl halides is 3. The third-order valence-electron chi connectivity index (χ3n) is 2.08. The van der Waals surface area contributed by atoms with E-state index in [1.165, 1.54) is 36.0 Å². The van der Waals surface area contributed by atoms with E-state index in [-0.39, 0.29) is 11.8 Å². The van der Waals surface area contributed by atoms with E-state index in [1.807, 2.05) is 13.8 Å². The minimum Gasteiger partial charge on any atom is -0.406 e. The Morgan fingerprint density at radius 1 is 1.19 bits per heavy atom. The Kier molecular flexibility index (Phi) is 4.61. The zero-order chi connectivity index (χ0) is 15.5. The van der Waals surface area contributed by atoms with Crippen molar-refractivity contribution in [1.82, 2.24) is 10.2 Å². The maximum absolute atomic E-state index is 12.0. The summed E-state index contributed by atoms with van der Waals surface area (Å²) >= 11 is 1.41. The fourth-order valence-corrected chi connectivity index (χ4v) is 1.99. The number of thioether (sulfide) groups is 1. The van der Waals surface area contributed by atoms with Crippen LogP contribution in [0.4, 0.5) is 24.9 Å². The Labute approximate surface area is 122 Å². The van der Waals surface area contributed by atoms with Crippen LogP contribution < -0.4 is 10.1 Å². The standard InChI is InChI=1S/C12H12F3N3O2S/c1-7(2)21-11-18-17-10(19-11)16-8-3-5-9(6-4-8)20-12(13,14)15/h3-7H,1-2H3,(H,16,17). The second-order valence-corrected chi connectivity index (χ2v) is 5.76. The van der Waals surface area contributed by atoms with Crippen LogP contribution >= 0.6 is 11.8 Å². The van der Waals surface area contributed by atoms with Gasteiger partial charge in [-0.05, 0) is 24.3 Å². The molecule has 0 radical (unpaired) electrons. The van der Waals surface area contributed by atoms with E-state index in [2.05, 4.69) is 20.3 Å². The first-order chi connectivity index (χ1) is 9.82. The predicted molar refractivity (Wildman–Crippen MR) is 71.7 cm³/mol. The van der Waals surface area contributed by atoms with Gasteiger partial charge >= 0.3 is 12.4 Å². The molecular formula is C12H12F3N3O2S. The number of anilines is 2. The molecule has 0 unspecified atom stereocenters. The van der Waals surface area contributed by atoms with Crippen LogP contribution in [0.2, 0.25) is 0 Å². The van der Waals surface area contributed by atoms with E-state index in [0.29, 0.717) is 16.2 Å². The topological polar surface area (TPSA) is 60.2 Å². The van der Waals surface area contributed by atoms with E-state index < -0.39 is 6.36 Å². The summed E-state index contributed by atoms with van der Waals surface area (Å²) < 4.78 is 45.2. The number of hydrogen-bond donors (Lipinski definition) is 1. The molecule has 2 aromatic rings. The molecule has 1 aromatic carbocycles. The summed E-state index contributed by atoms with van der Waals surface area (Å²) in [7, 11) is 0. The molecule has 0 bridgehead atoms. The fraction of sp³-hybridized carbons (Fsp3) is 0.333. The molecule has 0 atom stereocenters. The molecule has 0 saturated carbocycles. The second kappa shape index (κ2) is 6.25. The van der Waals surface area contributed by atoms with Crippen molar-refractivity contribution in [3.05, 3.63) is 24.3 Å². The van der Waals surface area contributed by atoms with Gasteiger partial charge in [0.05, 0.1) is 0 Å². The first kappa shape index (κ1) is 15.5. The molecule has 0 saturated heterocycles. The Balaban J connectivity index is 1.98. The fourth-order valence-electron chi connectivity index (χ4n) is 1.37. The molecule has 0 aliphatic heterocycles. The second-order valence-electron chi connectivity index (χ2n) is 4.24. The highest BCUT2D eigenvalue weighted by atomic mass is 32.2. The number of hydrogen-bond acceptors (Lipinski definition) is 6. The molecular weight excluding hydrogens is 307 g/mol. The van der Waals surface area contributed by atoms with Gasteiger partial charge in [-0.2, -0.15) is 0 Å². The summed E-state index contributed by atoms with van der Waals surface area (Å²) in [5, 5.41) is 11.1. The number of halogens is 3. The average molecular weight is 319 g/mol. The molecule has 2 rings (SSSR count). The molecule has 0 spiro atoms. The van der Waals surface area contributed by atoms with Gasteiger partial charge in [0.1, 0.15) is 5.75 Å². The van der Waals surface area contributed by atoms with Crippen LogP contribution in [-0.2, 0) is 0 Å². The summed E-state index contributed by atoms with van der Waals surface area (Å²) in [5.41, 5.74) is 0.509. The summed E-state index contributed by atoms with van der Waals surface area (Å²) in [5.74, 6) is -0.297. The highest BCUT2D eigenvalue weighted by Crippen LogP contribution is 2.26. The van der Waals surface area contributed by atoms with E-state index in [9.17, 15) is 13.2 Å². The molecule has 1 N–H and O–H groups in total. The van der Waals surface area contributed by atoms with Gasteiger partial charge in [0.25, 0.3) is 5.22 Å². The van der Waals surface area contributed by atoms with Crippen LogP contribution in [0.3, 0.4) is 0 Å². The molecule has 5 nitrogen and oxygen atoms in total. The van der Waals surface area contributed by atoms with Crippen molar-refractivity contribution in [1.29, 1.82) is 0 Å². The lowest BCUT2D eigenvalue weighted by atomic mass is 10.3. The summed E-state index contributed by atoms with van der Waals surface area (Å²) in [4.78, 5) is 0. The van der Waals surface area contributed by atoms with Crippen molar-refractivity contribution >= 4 is 23.5 Å². The van der Waals surface area contributed by atoms with Crippen molar-refractivity contribution < 1.29 is 22.3 Å². The highest BCUT2D eigenvalue weighted by Gasteiger charge is 2.30. The Morgan fingerprint density at radius 2 is 1.86 bits per heavy atom. The predicted octanol–water partition coefficient (Wildman–Crippen LogP) is 4.21. The normalized spacial score (nSPS) is 11.7. The van der Waals surface area contributed by atoms with Gasteiger partial charge in [0, 0.05) is 10.9 Å². The molecule has 1 aromatic heterocycles. The Hall–Kier alpha value is -1.90.